The van der Waals surface area contributed by atoms with Crippen LogP contribution in [-0.4, -0.2) is 50.9 Å². The van der Waals surface area contributed by atoms with Crippen molar-refractivity contribution >= 4 is 21.8 Å². The fourth-order valence-electron chi connectivity index (χ4n) is 2.89. The van der Waals surface area contributed by atoms with Gasteiger partial charge in [0.1, 0.15) is 12.1 Å². The molecule has 150 valence electrons. The maximum Gasteiger partial charge on any atom is 0.408 e. The minimum absolute atomic E-state index is 0.00294. The van der Waals surface area contributed by atoms with Gasteiger partial charge < -0.3 is 0 Å². The van der Waals surface area contributed by atoms with E-state index in [-0.39, 0.29) is 39.1 Å². The predicted octanol–water partition coefficient (Wildman–Crippen LogP) is 0.311. The molecule has 0 radical (unpaired) electrons. The Kier molecular flexibility index (Phi) is 4.32. The number of nitrogens with zero attached hydrogens (tertiary/aromatic N) is 9. The maximum absolute atomic E-state index is 12.9. The average molecular weight is 407 g/mol. The van der Waals surface area contributed by atoms with E-state index in [4.69, 9.17) is 0 Å². The summed E-state index contributed by atoms with van der Waals surface area (Å²) in [4.78, 5) is 30.7. The Balaban J connectivity index is 1.80. The maximum atomic E-state index is 12.9. The topological polar surface area (TPSA) is 126 Å². The Morgan fingerprint density at radius 3 is 2.48 bits per heavy atom. The van der Waals surface area contributed by atoms with Gasteiger partial charge in [0.2, 0.25) is 0 Å². The summed E-state index contributed by atoms with van der Waals surface area (Å²) < 4.78 is 39.3. The zero-order valence-corrected chi connectivity index (χ0v) is 14.8. The molecule has 0 bridgehead atoms. The van der Waals surface area contributed by atoms with E-state index in [0.717, 1.165) is 0 Å². The van der Waals surface area contributed by atoms with Crippen molar-refractivity contribution in [3.05, 3.63) is 45.5 Å². The van der Waals surface area contributed by atoms with E-state index in [1.807, 2.05) is 0 Å². The number of hydrogen-bond donors (Lipinski definition) is 0. The van der Waals surface area contributed by atoms with Gasteiger partial charge in [0, 0.05) is 0 Å². The fourth-order valence-corrected chi connectivity index (χ4v) is 2.89. The first kappa shape index (κ1) is 18.6. The Bertz CT molecular complexity index is 1310. The minimum Gasteiger partial charge on any atom is -0.294 e. The van der Waals surface area contributed by atoms with Gasteiger partial charge >= 0.3 is 6.18 Å². The van der Waals surface area contributed by atoms with Gasteiger partial charge in [-0.05, 0) is 24.3 Å². The molecule has 0 spiro atoms. The molecule has 11 nitrogen and oxygen atoms in total. The van der Waals surface area contributed by atoms with Crippen LogP contribution in [0.25, 0.3) is 21.8 Å². The van der Waals surface area contributed by atoms with Crippen LogP contribution < -0.4 is 11.1 Å². The summed E-state index contributed by atoms with van der Waals surface area (Å²) in [5, 5.41) is 18.2. The predicted molar refractivity (Wildman–Crippen MR) is 91.9 cm³/mol. The largest absolute Gasteiger partial charge is 0.408 e. The number of tetrazole rings is 1. The average Bonchev–Trinajstić information content (AvgIpc) is 3.15. The Labute approximate surface area is 158 Å². The molecule has 3 heterocycles. The lowest BCUT2D eigenvalue weighted by atomic mass is 10.1. The summed E-state index contributed by atoms with van der Waals surface area (Å²) in [5.41, 5.74) is -1.21. The fraction of sp³-hybridized carbons (Fsp3) is 0.333. The lowest BCUT2D eigenvalue weighted by molar-refractivity contribution is -0.143. The monoisotopic (exact) mass is 407 g/mol. The molecular weight excluding hydrogens is 395 g/mol. The van der Waals surface area contributed by atoms with Crippen LogP contribution in [0.1, 0.15) is 13.0 Å². The lowest BCUT2D eigenvalue weighted by Gasteiger charge is -2.14. The molecule has 0 fully saturated rings. The van der Waals surface area contributed by atoms with Crippen molar-refractivity contribution in [3.63, 3.8) is 0 Å². The summed E-state index contributed by atoms with van der Waals surface area (Å²) in [6, 6.07) is 2.17. The molecule has 0 aliphatic heterocycles. The second-order valence-corrected chi connectivity index (χ2v) is 6.35. The molecule has 0 saturated carbocycles. The zero-order chi connectivity index (χ0) is 20.8. The Morgan fingerprint density at radius 1 is 1.07 bits per heavy atom. The van der Waals surface area contributed by atoms with Crippen LogP contribution in [0.2, 0.25) is 0 Å². The molecule has 4 rings (SSSR count). The van der Waals surface area contributed by atoms with E-state index in [1.165, 1.54) is 34.2 Å². The van der Waals surface area contributed by atoms with Gasteiger partial charge in [-0.3, -0.25) is 14.2 Å². The van der Waals surface area contributed by atoms with Gasteiger partial charge in [0.25, 0.3) is 11.1 Å². The Hall–Kier alpha value is -3.71. The van der Waals surface area contributed by atoms with Crippen molar-refractivity contribution in [1.82, 2.24) is 44.8 Å². The number of fused-ring (bicyclic) bond motifs is 2. The first-order valence-electron chi connectivity index (χ1n) is 8.29. The summed E-state index contributed by atoms with van der Waals surface area (Å²) in [6.45, 7) is 0.466. The Morgan fingerprint density at radius 2 is 1.79 bits per heavy atom. The summed E-state index contributed by atoms with van der Waals surface area (Å²) >= 11 is 0. The highest BCUT2D eigenvalue weighted by molar-refractivity contribution is 5.93. The van der Waals surface area contributed by atoms with Gasteiger partial charge in [-0.1, -0.05) is 5.21 Å². The third kappa shape index (κ3) is 3.55. The van der Waals surface area contributed by atoms with Crippen molar-refractivity contribution in [2.24, 2.45) is 0 Å². The van der Waals surface area contributed by atoms with Crippen LogP contribution in [0.3, 0.4) is 0 Å². The number of benzene rings is 1. The van der Waals surface area contributed by atoms with Gasteiger partial charge in [-0.2, -0.15) is 18.0 Å². The molecule has 0 amide bonds. The van der Waals surface area contributed by atoms with Gasteiger partial charge in [0.15, 0.2) is 6.33 Å². The number of rotatable bonds is 4. The van der Waals surface area contributed by atoms with Crippen molar-refractivity contribution in [1.29, 1.82) is 0 Å². The molecule has 0 saturated heterocycles. The summed E-state index contributed by atoms with van der Waals surface area (Å²) in [5.74, 6) is 0. The van der Waals surface area contributed by atoms with E-state index >= 15 is 0 Å². The first-order valence-corrected chi connectivity index (χ1v) is 8.29. The SMILES string of the molecule is C[C@H](Cn1ncnn1)n1cnc2cc3c(=O)n(CC(F)(F)F)nnc3cc2c1=O. The second-order valence-electron chi connectivity index (χ2n) is 6.35. The van der Waals surface area contributed by atoms with Gasteiger partial charge in [0.05, 0.1) is 35.2 Å². The smallest absolute Gasteiger partial charge is 0.294 e. The quantitative estimate of drug-likeness (QED) is 0.443. The van der Waals surface area contributed by atoms with Crippen LogP contribution >= 0.6 is 0 Å². The second kappa shape index (κ2) is 6.72. The third-order valence-corrected chi connectivity index (χ3v) is 4.25. The number of alkyl halides is 3. The molecule has 0 aliphatic rings. The highest BCUT2D eigenvalue weighted by Gasteiger charge is 2.29. The highest BCUT2D eigenvalue weighted by Crippen LogP contribution is 2.18. The molecular formula is C15H12F3N9O2. The van der Waals surface area contributed by atoms with E-state index in [2.05, 4.69) is 30.7 Å². The molecule has 1 aromatic carbocycles. The van der Waals surface area contributed by atoms with Crippen LogP contribution in [0, 0.1) is 0 Å². The highest BCUT2D eigenvalue weighted by atomic mass is 19.4. The van der Waals surface area contributed by atoms with Crippen LogP contribution in [-0.2, 0) is 13.1 Å². The number of hydrogen-bond acceptors (Lipinski definition) is 8. The van der Waals surface area contributed by atoms with Crippen molar-refractivity contribution in [2.75, 3.05) is 0 Å². The van der Waals surface area contributed by atoms with Gasteiger partial charge in [-0.15, -0.1) is 15.3 Å². The van der Waals surface area contributed by atoms with Crippen LogP contribution in [0.5, 0.6) is 0 Å². The standard InChI is InChI=1S/C15H12F3N9O2/c1-8(4-27-21-6-20-23-27)25-7-19-11-2-10-12(3-9(11)13(25)28)22-24-26(14(10)29)5-15(16,17)18/h2-3,6-8H,4-5H2,1H3/t8-/m1/s1. The first-order chi connectivity index (χ1) is 13.7. The van der Waals surface area contributed by atoms with E-state index in [9.17, 15) is 22.8 Å². The van der Waals surface area contributed by atoms with Crippen molar-refractivity contribution < 1.29 is 13.2 Å². The number of aromatic nitrogens is 9. The summed E-state index contributed by atoms with van der Waals surface area (Å²) in [6.07, 6.45) is -2.06. The molecule has 29 heavy (non-hydrogen) atoms. The number of halogens is 3. The third-order valence-electron chi connectivity index (χ3n) is 4.25. The van der Waals surface area contributed by atoms with Crippen LogP contribution in [0.15, 0.2) is 34.4 Å². The molecule has 14 heteroatoms. The lowest BCUT2D eigenvalue weighted by Crippen LogP contribution is -2.31. The molecule has 0 aliphatic carbocycles. The van der Waals surface area contributed by atoms with E-state index < -0.39 is 23.8 Å². The molecule has 0 unspecified atom stereocenters. The summed E-state index contributed by atoms with van der Waals surface area (Å²) in [7, 11) is 0. The zero-order valence-electron chi connectivity index (χ0n) is 14.8. The van der Waals surface area contributed by atoms with Crippen molar-refractivity contribution in [3.8, 4) is 0 Å². The van der Waals surface area contributed by atoms with Crippen LogP contribution in [0.4, 0.5) is 13.2 Å². The normalized spacial score (nSPS) is 13.2. The molecule has 0 N–H and O–H groups in total. The molecule has 3 aromatic heterocycles. The molecule has 4 aromatic rings. The van der Waals surface area contributed by atoms with E-state index in [1.54, 1.807) is 6.92 Å². The molecule has 1 atom stereocenters. The van der Waals surface area contributed by atoms with Gasteiger partial charge in [-0.25, -0.2) is 9.67 Å². The minimum atomic E-state index is -4.62. The van der Waals surface area contributed by atoms with E-state index in [0.29, 0.717) is 0 Å². The van der Waals surface area contributed by atoms with Crippen molar-refractivity contribution in [2.45, 2.75) is 32.2 Å².